The third-order valence-electron chi connectivity index (χ3n) is 3.48. The Morgan fingerprint density at radius 3 is 2.46 bits per heavy atom. The van der Waals surface area contributed by atoms with Crippen molar-refractivity contribution >= 4 is 6.09 Å². The molecule has 0 spiro atoms. The molecule has 1 rings (SSSR count). The number of amides is 1. The Morgan fingerprint density at radius 1 is 1.38 bits per heavy atom. The number of nitrogens with zero attached hydrogens (tertiary/aromatic N) is 1. The lowest BCUT2D eigenvalue weighted by atomic mass is 9.86. The molecular formula is C18H33N3O3. The second kappa shape index (κ2) is 7.92. The first-order valence-corrected chi connectivity index (χ1v) is 8.43. The second-order valence-corrected chi connectivity index (χ2v) is 8.18. The van der Waals surface area contributed by atoms with Crippen LogP contribution in [0.25, 0.3) is 0 Å². The maximum atomic E-state index is 11.7. The zero-order valence-electron chi connectivity index (χ0n) is 16.1. The van der Waals surface area contributed by atoms with E-state index in [2.05, 4.69) is 26.1 Å². The van der Waals surface area contributed by atoms with Crippen molar-refractivity contribution in [3.05, 3.63) is 23.6 Å². The maximum absolute atomic E-state index is 11.7. The quantitative estimate of drug-likeness (QED) is 0.772. The number of hydrogen-bond donors (Lipinski definition) is 2. The van der Waals surface area contributed by atoms with Gasteiger partial charge in [-0.1, -0.05) is 32.9 Å². The van der Waals surface area contributed by atoms with Crippen molar-refractivity contribution in [3.8, 4) is 0 Å². The van der Waals surface area contributed by atoms with Crippen molar-refractivity contribution < 1.29 is 14.3 Å². The van der Waals surface area contributed by atoms with Crippen LogP contribution in [0.15, 0.2) is 23.6 Å². The van der Waals surface area contributed by atoms with Gasteiger partial charge in [0.15, 0.2) is 0 Å². The monoisotopic (exact) mass is 339 g/mol. The van der Waals surface area contributed by atoms with E-state index < -0.39 is 11.7 Å². The Balaban J connectivity index is 2.67. The van der Waals surface area contributed by atoms with Gasteiger partial charge < -0.3 is 14.8 Å². The Morgan fingerprint density at radius 2 is 2.00 bits per heavy atom. The molecule has 1 aliphatic heterocycles. The average Bonchev–Trinajstić information content (AvgIpc) is 2.40. The Bertz CT molecular complexity index is 499. The van der Waals surface area contributed by atoms with Crippen molar-refractivity contribution in [1.29, 1.82) is 0 Å². The number of hydrogen-bond acceptors (Lipinski definition) is 5. The fraction of sp³-hybridized carbons (Fsp3) is 0.722. The summed E-state index contributed by atoms with van der Waals surface area (Å²) in [5.74, 6) is 6.99. The zero-order chi connectivity index (χ0) is 18.5. The normalized spacial score (nSPS) is 21.5. The highest BCUT2D eigenvalue weighted by Crippen LogP contribution is 2.32. The van der Waals surface area contributed by atoms with Crippen LogP contribution in [0.1, 0.15) is 48.5 Å². The molecule has 0 aromatic carbocycles. The van der Waals surface area contributed by atoms with Gasteiger partial charge in [0.1, 0.15) is 5.60 Å². The van der Waals surface area contributed by atoms with Crippen molar-refractivity contribution in [2.45, 2.75) is 54.1 Å². The molecule has 1 atom stereocenters. The standard InChI is InChI=1S/C18H33N3O3/c1-8-9-14(17(2,3)4)15-21(19)11-13(12-23-15)10-20-16(22)24-18(5,6)7/h8-9,13H,10-12,19H2,1-7H3,(H,20,22)/b9-8-,15-14-. The molecule has 1 saturated heterocycles. The fourth-order valence-corrected chi connectivity index (χ4v) is 2.40. The molecule has 1 aliphatic rings. The number of ether oxygens (including phenoxy) is 2. The van der Waals surface area contributed by atoms with Gasteiger partial charge in [-0.25, -0.2) is 10.6 Å². The van der Waals surface area contributed by atoms with Crippen LogP contribution in [0, 0.1) is 11.3 Å². The third kappa shape index (κ3) is 6.43. The molecular weight excluding hydrogens is 306 g/mol. The minimum Gasteiger partial charge on any atom is -0.478 e. The lowest BCUT2D eigenvalue weighted by molar-refractivity contribution is 0.0153. The van der Waals surface area contributed by atoms with Crippen LogP contribution in [0.2, 0.25) is 0 Å². The first kappa shape index (κ1) is 20.4. The predicted octanol–water partition coefficient (Wildman–Crippen LogP) is 3.17. The van der Waals surface area contributed by atoms with Gasteiger partial charge in [-0.2, -0.15) is 0 Å². The van der Waals surface area contributed by atoms with E-state index in [1.165, 1.54) is 0 Å². The molecule has 0 aromatic heterocycles. The van der Waals surface area contributed by atoms with Crippen LogP contribution in [0.3, 0.4) is 0 Å². The molecule has 6 nitrogen and oxygen atoms in total. The minimum absolute atomic E-state index is 0.0684. The highest BCUT2D eigenvalue weighted by atomic mass is 16.6. The molecule has 0 aliphatic carbocycles. The number of carbonyl (C=O) groups excluding carboxylic acids is 1. The summed E-state index contributed by atoms with van der Waals surface area (Å²) in [7, 11) is 0. The van der Waals surface area contributed by atoms with Crippen LogP contribution in [-0.4, -0.2) is 36.4 Å². The summed E-state index contributed by atoms with van der Waals surface area (Å²) in [4.78, 5) is 11.7. The van der Waals surface area contributed by atoms with Crippen LogP contribution in [0.5, 0.6) is 0 Å². The molecule has 0 saturated carbocycles. The molecule has 1 amide bonds. The van der Waals surface area contributed by atoms with Crippen LogP contribution < -0.4 is 11.2 Å². The Kier molecular flexibility index (Phi) is 6.72. The summed E-state index contributed by atoms with van der Waals surface area (Å²) in [6.07, 6.45) is 3.60. The Labute approximate surface area is 146 Å². The SMILES string of the molecule is C/C=C\C(=C1\OCC(CNC(=O)OC(C)(C)C)CN1N)C(C)(C)C. The van der Waals surface area contributed by atoms with Crippen molar-refractivity contribution in [1.82, 2.24) is 10.3 Å². The van der Waals surface area contributed by atoms with Gasteiger partial charge >= 0.3 is 6.09 Å². The summed E-state index contributed by atoms with van der Waals surface area (Å²) in [6.45, 7) is 15.5. The van der Waals surface area contributed by atoms with E-state index in [-0.39, 0.29) is 11.3 Å². The largest absolute Gasteiger partial charge is 0.478 e. The fourth-order valence-electron chi connectivity index (χ4n) is 2.40. The van der Waals surface area contributed by atoms with E-state index in [1.54, 1.807) is 5.01 Å². The van der Waals surface area contributed by atoms with Gasteiger partial charge in [-0.05, 0) is 33.1 Å². The number of allylic oxidation sites excluding steroid dienone is 3. The molecule has 3 N–H and O–H groups in total. The van der Waals surface area contributed by atoms with E-state index in [9.17, 15) is 4.79 Å². The van der Waals surface area contributed by atoms with Gasteiger partial charge in [0, 0.05) is 24.6 Å². The van der Waals surface area contributed by atoms with E-state index >= 15 is 0 Å². The summed E-state index contributed by atoms with van der Waals surface area (Å²) in [5, 5.41) is 4.41. The first-order chi connectivity index (χ1) is 10.9. The lowest BCUT2D eigenvalue weighted by Crippen LogP contribution is -2.47. The molecule has 0 aromatic rings. The molecule has 0 bridgehead atoms. The van der Waals surface area contributed by atoms with Crippen LogP contribution >= 0.6 is 0 Å². The van der Waals surface area contributed by atoms with E-state index in [0.29, 0.717) is 25.6 Å². The topological polar surface area (TPSA) is 76.8 Å². The van der Waals surface area contributed by atoms with Crippen molar-refractivity contribution in [2.24, 2.45) is 17.2 Å². The minimum atomic E-state index is -0.503. The van der Waals surface area contributed by atoms with E-state index in [1.807, 2.05) is 39.8 Å². The number of nitrogens with two attached hydrogens (primary N) is 1. The molecule has 24 heavy (non-hydrogen) atoms. The van der Waals surface area contributed by atoms with Gasteiger partial charge in [-0.15, -0.1) is 0 Å². The average molecular weight is 339 g/mol. The van der Waals surface area contributed by atoms with E-state index in [0.717, 1.165) is 5.57 Å². The molecule has 1 unspecified atom stereocenters. The summed E-state index contributed by atoms with van der Waals surface area (Å²) in [6, 6.07) is 0. The molecule has 6 heteroatoms. The molecule has 1 heterocycles. The van der Waals surface area contributed by atoms with Gasteiger partial charge in [0.25, 0.3) is 0 Å². The van der Waals surface area contributed by atoms with Crippen LogP contribution in [-0.2, 0) is 9.47 Å². The summed E-state index contributed by atoms with van der Waals surface area (Å²) < 4.78 is 11.2. The lowest BCUT2D eigenvalue weighted by Gasteiger charge is -2.36. The highest BCUT2D eigenvalue weighted by Gasteiger charge is 2.29. The van der Waals surface area contributed by atoms with Gasteiger partial charge in [0.2, 0.25) is 5.88 Å². The molecule has 138 valence electrons. The van der Waals surface area contributed by atoms with Crippen LogP contribution in [0.4, 0.5) is 4.79 Å². The number of nitrogens with one attached hydrogen (secondary N) is 1. The third-order valence-corrected chi connectivity index (χ3v) is 3.48. The summed E-state index contributed by atoms with van der Waals surface area (Å²) in [5.41, 5.74) is 0.490. The smallest absolute Gasteiger partial charge is 0.407 e. The highest BCUT2D eigenvalue weighted by molar-refractivity contribution is 5.67. The molecule has 1 fully saturated rings. The predicted molar refractivity (Wildman–Crippen MR) is 95.9 cm³/mol. The number of alkyl carbamates (subject to hydrolysis) is 1. The number of carbonyl (C=O) groups is 1. The van der Waals surface area contributed by atoms with E-state index in [4.69, 9.17) is 15.3 Å². The van der Waals surface area contributed by atoms with Crippen molar-refractivity contribution in [3.63, 3.8) is 0 Å². The Hall–Kier alpha value is -1.69. The number of hydrazine groups is 1. The maximum Gasteiger partial charge on any atom is 0.407 e. The van der Waals surface area contributed by atoms with Gasteiger partial charge in [-0.3, -0.25) is 5.01 Å². The first-order valence-electron chi connectivity index (χ1n) is 8.43. The second-order valence-electron chi connectivity index (χ2n) is 8.18. The molecule has 0 radical (unpaired) electrons. The van der Waals surface area contributed by atoms with Gasteiger partial charge in [0.05, 0.1) is 6.61 Å². The van der Waals surface area contributed by atoms with Crippen molar-refractivity contribution in [2.75, 3.05) is 19.7 Å². The summed E-state index contributed by atoms with van der Waals surface area (Å²) >= 11 is 0. The zero-order valence-corrected chi connectivity index (χ0v) is 16.1. The number of rotatable bonds is 3.